The van der Waals surface area contributed by atoms with Gasteiger partial charge in [-0.05, 0) is 42.8 Å². The highest BCUT2D eigenvalue weighted by Crippen LogP contribution is 2.20. The summed E-state index contributed by atoms with van der Waals surface area (Å²) in [6.45, 7) is 2.54. The standard InChI is InChI=1S/C23H27N3O5/c1-31-19-9-7-18(8-10-19)25-13-15-26(16-14-25)21(27)12-11-20(23(29)30)24-22(28)17-5-3-2-4-6-17/h2-10,20H,11-16H2,1H3,(H,24,28)(H,29,30)/t20-/m0/s1. The SMILES string of the molecule is COc1ccc(N2CCN(C(=O)CC[C@H](NC(=O)c3ccccc3)C(=O)O)CC2)cc1. The second kappa shape index (κ2) is 10.5. The fraction of sp³-hybridized carbons (Fsp3) is 0.348. The molecule has 1 fully saturated rings. The van der Waals surface area contributed by atoms with Gasteiger partial charge in [0.2, 0.25) is 5.91 Å². The molecule has 2 N–H and O–H groups in total. The van der Waals surface area contributed by atoms with Gasteiger partial charge in [-0.15, -0.1) is 0 Å². The van der Waals surface area contributed by atoms with Crippen molar-refractivity contribution in [3.8, 4) is 5.75 Å². The Morgan fingerprint density at radius 3 is 2.23 bits per heavy atom. The number of piperazine rings is 1. The minimum atomic E-state index is -1.15. The molecule has 0 aromatic heterocycles. The van der Waals surface area contributed by atoms with Crippen molar-refractivity contribution < 1.29 is 24.2 Å². The van der Waals surface area contributed by atoms with Gasteiger partial charge >= 0.3 is 5.97 Å². The highest BCUT2D eigenvalue weighted by atomic mass is 16.5. The number of ether oxygens (including phenoxy) is 1. The van der Waals surface area contributed by atoms with Crippen LogP contribution in [0, 0.1) is 0 Å². The van der Waals surface area contributed by atoms with Crippen LogP contribution in [0.25, 0.3) is 0 Å². The molecule has 2 aromatic rings. The van der Waals surface area contributed by atoms with E-state index in [4.69, 9.17) is 4.74 Å². The number of rotatable bonds is 8. The van der Waals surface area contributed by atoms with Crippen LogP contribution in [0.3, 0.4) is 0 Å². The number of aliphatic carboxylic acids is 1. The first kappa shape index (κ1) is 22.1. The number of nitrogens with one attached hydrogen (secondary N) is 1. The molecule has 1 aliphatic heterocycles. The second-order valence-corrected chi connectivity index (χ2v) is 7.33. The van der Waals surface area contributed by atoms with Gasteiger partial charge in [-0.2, -0.15) is 0 Å². The molecule has 31 heavy (non-hydrogen) atoms. The van der Waals surface area contributed by atoms with Crippen molar-refractivity contribution in [2.45, 2.75) is 18.9 Å². The topological polar surface area (TPSA) is 99.2 Å². The van der Waals surface area contributed by atoms with Crippen molar-refractivity contribution >= 4 is 23.5 Å². The number of hydrogen-bond donors (Lipinski definition) is 2. The zero-order valence-corrected chi connectivity index (χ0v) is 17.5. The number of carbonyl (C=O) groups is 3. The van der Waals surface area contributed by atoms with Crippen LogP contribution in [0.15, 0.2) is 54.6 Å². The van der Waals surface area contributed by atoms with Crippen LogP contribution in [-0.2, 0) is 9.59 Å². The van der Waals surface area contributed by atoms with E-state index in [1.54, 1.807) is 42.3 Å². The van der Waals surface area contributed by atoms with E-state index in [0.29, 0.717) is 31.7 Å². The summed E-state index contributed by atoms with van der Waals surface area (Å²) in [7, 11) is 1.63. The van der Waals surface area contributed by atoms with E-state index in [1.165, 1.54) is 0 Å². The first-order chi connectivity index (χ1) is 15.0. The average molecular weight is 425 g/mol. The minimum Gasteiger partial charge on any atom is -0.497 e. The Kier molecular flexibility index (Phi) is 7.48. The van der Waals surface area contributed by atoms with Gasteiger partial charge in [0.15, 0.2) is 0 Å². The highest BCUT2D eigenvalue weighted by Gasteiger charge is 2.25. The van der Waals surface area contributed by atoms with Gasteiger partial charge in [-0.3, -0.25) is 9.59 Å². The number of benzene rings is 2. The predicted molar refractivity (Wildman–Crippen MR) is 116 cm³/mol. The molecule has 1 atom stereocenters. The Balaban J connectivity index is 1.48. The Morgan fingerprint density at radius 2 is 1.65 bits per heavy atom. The van der Waals surface area contributed by atoms with Crippen LogP contribution >= 0.6 is 0 Å². The number of carboxylic acid groups (broad SMARTS) is 1. The van der Waals surface area contributed by atoms with Crippen LogP contribution in [0.5, 0.6) is 5.75 Å². The molecule has 1 heterocycles. The largest absolute Gasteiger partial charge is 0.497 e. The van der Waals surface area contributed by atoms with Crippen molar-refractivity contribution in [1.82, 2.24) is 10.2 Å². The molecule has 0 bridgehead atoms. The van der Waals surface area contributed by atoms with Crippen molar-refractivity contribution in [2.75, 3.05) is 38.2 Å². The first-order valence-electron chi connectivity index (χ1n) is 10.2. The Labute approximate surface area is 181 Å². The predicted octanol–water partition coefficient (Wildman–Crippen LogP) is 2.01. The second-order valence-electron chi connectivity index (χ2n) is 7.33. The number of amides is 2. The summed E-state index contributed by atoms with van der Waals surface area (Å²) in [5, 5.41) is 11.9. The van der Waals surface area contributed by atoms with E-state index in [0.717, 1.165) is 11.4 Å². The van der Waals surface area contributed by atoms with Crippen LogP contribution < -0.4 is 15.0 Å². The number of hydrogen-bond acceptors (Lipinski definition) is 5. The summed E-state index contributed by atoms with van der Waals surface area (Å²) in [6.07, 6.45) is 0.111. The number of nitrogens with zero attached hydrogens (tertiary/aromatic N) is 2. The number of anilines is 1. The third-order valence-corrected chi connectivity index (χ3v) is 5.36. The van der Waals surface area contributed by atoms with E-state index in [1.807, 2.05) is 24.3 Å². The lowest BCUT2D eigenvalue weighted by molar-refractivity contribution is -0.139. The van der Waals surface area contributed by atoms with E-state index >= 15 is 0 Å². The zero-order valence-electron chi connectivity index (χ0n) is 17.5. The Bertz CT molecular complexity index is 893. The molecule has 1 saturated heterocycles. The van der Waals surface area contributed by atoms with Gasteiger partial charge < -0.3 is 25.0 Å². The van der Waals surface area contributed by atoms with E-state index in [2.05, 4.69) is 10.2 Å². The third kappa shape index (κ3) is 5.97. The molecule has 8 heteroatoms. The summed E-state index contributed by atoms with van der Waals surface area (Å²) < 4.78 is 5.18. The lowest BCUT2D eigenvalue weighted by Gasteiger charge is -2.36. The molecule has 8 nitrogen and oxygen atoms in total. The molecule has 2 aromatic carbocycles. The first-order valence-corrected chi connectivity index (χ1v) is 10.2. The zero-order chi connectivity index (χ0) is 22.2. The number of carboxylic acids is 1. The molecular weight excluding hydrogens is 398 g/mol. The maximum Gasteiger partial charge on any atom is 0.326 e. The lowest BCUT2D eigenvalue weighted by Crippen LogP contribution is -2.49. The quantitative estimate of drug-likeness (QED) is 0.671. The normalized spacial score (nSPS) is 14.6. The molecule has 0 unspecified atom stereocenters. The van der Waals surface area contributed by atoms with E-state index in [9.17, 15) is 19.5 Å². The molecule has 3 rings (SSSR count). The van der Waals surface area contributed by atoms with Crippen LogP contribution in [0.2, 0.25) is 0 Å². The molecule has 164 valence electrons. The molecule has 0 saturated carbocycles. The number of carbonyl (C=O) groups excluding carboxylic acids is 2. The van der Waals surface area contributed by atoms with Gasteiger partial charge in [0.05, 0.1) is 7.11 Å². The average Bonchev–Trinajstić information content (AvgIpc) is 2.82. The van der Waals surface area contributed by atoms with Gasteiger partial charge in [0.25, 0.3) is 5.91 Å². The summed E-state index contributed by atoms with van der Waals surface area (Å²) in [5.41, 5.74) is 1.46. The molecule has 0 spiro atoms. The van der Waals surface area contributed by atoms with Crippen LogP contribution in [0.4, 0.5) is 5.69 Å². The Morgan fingerprint density at radius 1 is 1.00 bits per heavy atom. The van der Waals surface area contributed by atoms with Gasteiger partial charge in [0, 0.05) is 43.9 Å². The third-order valence-electron chi connectivity index (χ3n) is 5.36. The maximum atomic E-state index is 12.6. The summed E-state index contributed by atoms with van der Waals surface area (Å²) >= 11 is 0. The number of methoxy groups -OCH3 is 1. The van der Waals surface area contributed by atoms with Gasteiger partial charge in [-0.1, -0.05) is 18.2 Å². The van der Waals surface area contributed by atoms with Gasteiger partial charge in [-0.25, -0.2) is 4.79 Å². The summed E-state index contributed by atoms with van der Waals surface area (Å²) in [6, 6.07) is 15.1. The maximum absolute atomic E-state index is 12.6. The van der Waals surface area contributed by atoms with Crippen LogP contribution in [-0.4, -0.2) is 67.1 Å². The molecular formula is C23H27N3O5. The minimum absolute atomic E-state index is 0.0471. The monoisotopic (exact) mass is 425 g/mol. The lowest BCUT2D eigenvalue weighted by atomic mass is 10.1. The van der Waals surface area contributed by atoms with Gasteiger partial charge in [0.1, 0.15) is 11.8 Å². The van der Waals surface area contributed by atoms with Crippen molar-refractivity contribution in [3.05, 3.63) is 60.2 Å². The summed E-state index contributed by atoms with van der Waals surface area (Å²) in [5.74, 6) is -0.922. The van der Waals surface area contributed by atoms with Crippen LogP contribution in [0.1, 0.15) is 23.2 Å². The van der Waals surface area contributed by atoms with Crippen molar-refractivity contribution in [2.24, 2.45) is 0 Å². The molecule has 1 aliphatic rings. The fourth-order valence-electron chi connectivity index (χ4n) is 3.52. The molecule has 0 radical (unpaired) electrons. The Hall–Kier alpha value is -3.55. The summed E-state index contributed by atoms with van der Waals surface area (Å²) in [4.78, 5) is 40.3. The fourth-order valence-corrected chi connectivity index (χ4v) is 3.52. The van der Waals surface area contributed by atoms with Crippen molar-refractivity contribution in [1.29, 1.82) is 0 Å². The van der Waals surface area contributed by atoms with Crippen molar-refractivity contribution in [3.63, 3.8) is 0 Å². The smallest absolute Gasteiger partial charge is 0.326 e. The highest BCUT2D eigenvalue weighted by molar-refractivity contribution is 5.96. The van der Waals surface area contributed by atoms with E-state index in [-0.39, 0.29) is 18.7 Å². The molecule has 0 aliphatic carbocycles. The molecule has 2 amide bonds. The van der Waals surface area contributed by atoms with E-state index < -0.39 is 17.9 Å².